The fourth-order valence-electron chi connectivity index (χ4n) is 2.68. The summed E-state index contributed by atoms with van der Waals surface area (Å²) < 4.78 is 4.90. The molecular formula is C24H21N3O4. The number of hydrogen-bond acceptors (Lipinski definition) is 5. The Hall–Kier alpha value is -4.26. The van der Waals surface area contributed by atoms with Crippen LogP contribution >= 0.6 is 0 Å². The van der Waals surface area contributed by atoms with Crippen LogP contribution in [0, 0.1) is 0 Å². The van der Waals surface area contributed by atoms with Gasteiger partial charge in [-0.1, -0.05) is 78.9 Å². The van der Waals surface area contributed by atoms with Crippen molar-refractivity contribution in [3.8, 4) is 0 Å². The van der Waals surface area contributed by atoms with Crippen LogP contribution in [0.15, 0.2) is 96.1 Å². The largest absolute Gasteiger partial charge is 0.454 e. The number of carbonyl (C=O) groups is 3. The Labute approximate surface area is 179 Å². The van der Waals surface area contributed by atoms with Gasteiger partial charge in [0.05, 0.1) is 5.71 Å². The molecule has 0 saturated carbocycles. The summed E-state index contributed by atoms with van der Waals surface area (Å²) in [5.41, 5.74) is 5.07. The molecule has 0 aliphatic carbocycles. The zero-order valence-electron chi connectivity index (χ0n) is 16.7. The third-order valence-corrected chi connectivity index (χ3v) is 4.18. The number of esters is 1. The average Bonchev–Trinajstić information content (AvgIpc) is 2.83. The van der Waals surface area contributed by atoms with Crippen LogP contribution in [-0.2, 0) is 14.3 Å². The van der Waals surface area contributed by atoms with Gasteiger partial charge in [0.2, 0.25) is 0 Å². The van der Waals surface area contributed by atoms with Crippen LogP contribution in [0.25, 0.3) is 0 Å². The molecule has 3 rings (SSSR count). The quantitative estimate of drug-likeness (QED) is 0.336. The van der Waals surface area contributed by atoms with E-state index in [1.165, 1.54) is 0 Å². The predicted molar refractivity (Wildman–Crippen MR) is 116 cm³/mol. The van der Waals surface area contributed by atoms with Crippen LogP contribution in [0.2, 0.25) is 0 Å². The number of nitrogens with one attached hydrogen (secondary N) is 2. The van der Waals surface area contributed by atoms with E-state index in [1.54, 1.807) is 30.3 Å². The second kappa shape index (κ2) is 11.1. The SMILES string of the molecule is O=C(COC(=O)CNC(=O)c1ccccc1)NN=C(c1ccccc1)c1ccccc1. The van der Waals surface area contributed by atoms with Gasteiger partial charge in [-0.2, -0.15) is 5.10 Å². The maximum absolute atomic E-state index is 12.1. The summed E-state index contributed by atoms with van der Waals surface area (Å²) in [7, 11) is 0. The standard InChI is InChI=1S/C24H21N3O4/c28-21(17-31-22(29)16-25-24(30)20-14-8-3-9-15-20)26-27-23(18-10-4-1-5-11-18)19-12-6-2-7-13-19/h1-15H,16-17H2,(H,25,30)(H,26,28). The smallest absolute Gasteiger partial charge is 0.325 e. The molecule has 0 radical (unpaired) electrons. The van der Waals surface area contributed by atoms with Crippen molar-refractivity contribution in [2.24, 2.45) is 5.10 Å². The van der Waals surface area contributed by atoms with Crippen LogP contribution in [0.5, 0.6) is 0 Å². The molecule has 7 nitrogen and oxygen atoms in total. The molecule has 0 aliphatic heterocycles. The number of hydrazone groups is 1. The van der Waals surface area contributed by atoms with Gasteiger partial charge in [-0.3, -0.25) is 14.4 Å². The fourth-order valence-corrected chi connectivity index (χ4v) is 2.68. The highest BCUT2D eigenvalue weighted by Gasteiger charge is 2.11. The lowest BCUT2D eigenvalue weighted by Gasteiger charge is -2.09. The van der Waals surface area contributed by atoms with Gasteiger partial charge in [0.15, 0.2) is 6.61 Å². The van der Waals surface area contributed by atoms with Crippen molar-refractivity contribution >= 4 is 23.5 Å². The first kappa shape index (κ1) is 21.4. The van der Waals surface area contributed by atoms with Crippen LogP contribution in [0.3, 0.4) is 0 Å². The third-order valence-electron chi connectivity index (χ3n) is 4.18. The first-order chi connectivity index (χ1) is 15.1. The molecule has 0 aliphatic rings. The minimum atomic E-state index is -0.727. The zero-order valence-corrected chi connectivity index (χ0v) is 16.7. The van der Waals surface area contributed by atoms with E-state index >= 15 is 0 Å². The minimum absolute atomic E-state index is 0.344. The molecule has 0 atom stereocenters. The highest BCUT2D eigenvalue weighted by atomic mass is 16.5. The molecule has 0 saturated heterocycles. The van der Waals surface area contributed by atoms with E-state index in [4.69, 9.17) is 4.74 Å². The van der Waals surface area contributed by atoms with Crippen LogP contribution in [0.1, 0.15) is 21.5 Å². The number of rotatable bonds is 8. The Bertz CT molecular complexity index is 1010. The van der Waals surface area contributed by atoms with Gasteiger partial charge >= 0.3 is 5.97 Å². The van der Waals surface area contributed by atoms with Gasteiger partial charge < -0.3 is 10.1 Å². The maximum Gasteiger partial charge on any atom is 0.325 e. The molecule has 2 N–H and O–H groups in total. The van der Waals surface area contributed by atoms with E-state index in [1.807, 2.05) is 60.7 Å². The molecule has 31 heavy (non-hydrogen) atoms. The predicted octanol–water partition coefficient (Wildman–Crippen LogP) is 2.53. The third kappa shape index (κ3) is 6.64. The van der Waals surface area contributed by atoms with Crippen LogP contribution in [-0.4, -0.2) is 36.6 Å². The second-order valence-corrected chi connectivity index (χ2v) is 6.44. The van der Waals surface area contributed by atoms with E-state index in [9.17, 15) is 14.4 Å². The number of carbonyl (C=O) groups excluding carboxylic acids is 3. The number of hydrogen-bond donors (Lipinski definition) is 2. The molecule has 7 heteroatoms. The number of ether oxygens (including phenoxy) is 1. The molecule has 0 spiro atoms. The van der Waals surface area contributed by atoms with Gasteiger partial charge in [-0.25, -0.2) is 5.43 Å². The molecule has 0 unspecified atom stereocenters. The summed E-state index contributed by atoms with van der Waals surface area (Å²) in [6.45, 7) is -0.857. The molecule has 3 aromatic carbocycles. The number of nitrogens with zero attached hydrogens (tertiary/aromatic N) is 1. The monoisotopic (exact) mass is 415 g/mol. The van der Waals surface area contributed by atoms with Gasteiger partial charge in [0, 0.05) is 16.7 Å². The summed E-state index contributed by atoms with van der Waals surface area (Å²) >= 11 is 0. The lowest BCUT2D eigenvalue weighted by atomic mass is 10.0. The second-order valence-electron chi connectivity index (χ2n) is 6.44. The van der Waals surface area contributed by atoms with Crippen molar-refractivity contribution in [3.63, 3.8) is 0 Å². The van der Waals surface area contributed by atoms with Crippen molar-refractivity contribution < 1.29 is 19.1 Å². The van der Waals surface area contributed by atoms with Gasteiger partial charge in [-0.15, -0.1) is 0 Å². The van der Waals surface area contributed by atoms with Crippen LogP contribution < -0.4 is 10.7 Å². The van der Waals surface area contributed by atoms with E-state index in [0.29, 0.717) is 11.3 Å². The maximum atomic E-state index is 12.1. The van der Waals surface area contributed by atoms with E-state index in [0.717, 1.165) is 11.1 Å². The molecule has 0 bridgehead atoms. The van der Waals surface area contributed by atoms with Gasteiger partial charge in [-0.05, 0) is 12.1 Å². The zero-order chi connectivity index (χ0) is 21.9. The first-order valence-corrected chi connectivity index (χ1v) is 9.60. The van der Waals surface area contributed by atoms with Gasteiger partial charge in [0.25, 0.3) is 11.8 Å². The minimum Gasteiger partial charge on any atom is -0.454 e. The Morgan fingerprint density at radius 1 is 0.710 bits per heavy atom. The summed E-state index contributed by atoms with van der Waals surface area (Å²) in [5, 5.41) is 6.65. The Kier molecular flexibility index (Phi) is 7.65. The fraction of sp³-hybridized carbons (Fsp3) is 0.0833. The molecule has 0 fully saturated rings. The Morgan fingerprint density at radius 3 is 1.71 bits per heavy atom. The van der Waals surface area contributed by atoms with E-state index in [-0.39, 0.29) is 6.54 Å². The topological polar surface area (TPSA) is 96.9 Å². The van der Waals surface area contributed by atoms with Crippen molar-refractivity contribution in [2.75, 3.05) is 13.2 Å². The molecule has 156 valence electrons. The highest BCUT2D eigenvalue weighted by Crippen LogP contribution is 2.10. The summed E-state index contributed by atoms with van der Waals surface area (Å²) in [6, 6.07) is 27.3. The summed E-state index contributed by atoms with van der Waals surface area (Å²) in [4.78, 5) is 35.8. The summed E-state index contributed by atoms with van der Waals surface area (Å²) in [5.74, 6) is -1.72. The average molecular weight is 415 g/mol. The molecule has 2 amide bonds. The molecular weight excluding hydrogens is 394 g/mol. The number of benzene rings is 3. The molecule has 0 heterocycles. The first-order valence-electron chi connectivity index (χ1n) is 9.60. The Morgan fingerprint density at radius 2 is 1.19 bits per heavy atom. The van der Waals surface area contributed by atoms with Crippen molar-refractivity contribution in [1.82, 2.24) is 10.7 Å². The molecule has 3 aromatic rings. The number of amides is 2. The highest BCUT2D eigenvalue weighted by molar-refractivity contribution is 6.13. The molecule has 0 aromatic heterocycles. The summed E-state index contributed by atoms with van der Waals surface area (Å²) in [6.07, 6.45) is 0. The van der Waals surface area contributed by atoms with Crippen molar-refractivity contribution in [2.45, 2.75) is 0 Å². The van der Waals surface area contributed by atoms with E-state index in [2.05, 4.69) is 15.8 Å². The van der Waals surface area contributed by atoms with Crippen LogP contribution in [0.4, 0.5) is 0 Å². The van der Waals surface area contributed by atoms with Gasteiger partial charge in [0.1, 0.15) is 6.54 Å². The normalized spacial score (nSPS) is 9.94. The van der Waals surface area contributed by atoms with Crippen molar-refractivity contribution in [1.29, 1.82) is 0 Å². The van der Waals surface area contributed by atoms with E-state index < -0.39 is 24.4 Å². The van der Waals surface area contributed by atoms with Crippen molar-refractivity contribution in [3.05, 3.63) is 108 Å². The lowest BCUT2D eigenvalue weighted by molar-refractivity contribution is -0.147. The Balaban J connectivity index is 1.52. The lowest BCUT2D eigenvalue weighted by Crippen LogP contribution is -2.33.